The van der Waals surface area contributed by atoms with Gasteiger partial charge in [0.2, 0.25) is 5.91 Å². The van der Waals surface area contributed by atoms with Crippen LogP contribution in [0.15, 0.2) is 34.1 Å². The number of anilines is 1. The third-order valence-electron chi connectivity index (χ3n) is 3.65. The van der Waals surface area contributed by atoms with Crippen LogP contribution in [0.2, 0.25) is 0 Å². The minimum absolute atomic E-state index is 0.131. The number of hydrogen-bond donors (Lipinski definition) is 2. The predicted molar refractivity (Wildman–Crippen MR) is 89.2 cm³/mol. The van der Waals surface area contributed by atoms with E-state index in [9.17, 15) is 9.59 Å². The van der Waals surface area contributed by atoms with E-state index in [1.54, 1.807) is 31.4 Å². The van der Waals surface area contributed by atoms with E-state index < -0.39 is 0 Å². The van der Waals surface area contributed by atoms with Crippen molar-refractivity contribution in [2.24, 2.45) is 0 Å². The van der Waals surface area contributed by atoms with Crippen molar-refractivity contribution < 1.29 is 9.53 Å². The van der Waals surface area contributed by atoms with Crippen molar-refractivity contribution in [2.75, 3.05) is 18.2 Å². The Bertz CT molecular complexity index is 771. The summed E-state index contributed by atoms with van der Waals surface area (Å²) in [4.78, 5) is 30.4. The summed E-state index contributed by atoms with van der Waals surface area (Å²) in [6.45, 7) is 0. The summed E-state index contributed by atoms with van der Waals surface area (Å²) >= 11 is 1.31. The SMILES string of the molecule is COc1ccc(NC(=O)CSc2nc(=O)[nH]c3c2CCC3)cc1. The van der Waals surface area contributed by atoms with E-state index in [1.165, 1.54) is 11.8 Å². The highest BCUT2D eigenvalue weighted by Crippen LogP contribution is 2.27. The van der Waals surface area contributed by atoms with Gasteiger partial charge in [0.1, 0.15) is 10.8 Å². The van der Waals surface area contributed by atoms with Gasteiger partial charge in [-0.15, -0.1) is 0 Å². The maximum atomic E-state index is 12.0. The first kappa shape index (κ1) is 15.6. The van der Waals surface area contributed by atoms with E-state index in [-0.39, 0.29) is 17.3 Å². The molecule has 0 bridgehead atoms. The molecule has 0 radical (unpaired) electrons. The van der Waals surface area contributed by atoms with Crippen molar-refractivity contribution in [1.29, 1.82) is 0 Å². The summed E-state index contributed by atoms with van der Waals surface area (Å²) < 4.78 is 5.08. The van der Waals surface area contributed by atoms with Crippen LogP contribution < -0.4 is 15.7 Å². The number of benzene rings is 1. The quantitative estimate of drug-likeness (QED) is 0.647. The number of methoxy groups -OCH3 is 1. The number of aryl methyl sites for hydroxylation is 1. The summed E-state index contributed by atoms with van der Waals surface area (Å²) in [7, 11) is 1.59. The fourth-order valence-corrected chi connectivity index (χ4v) is 3.45. The van der Waals surface area contributed by atoms with Gasteiger partial charge in [-0.3, -0.25) is 4.79 Å². The summed E-state index contributed by atoms with van der Waals surface area (Å²) in [5.41, 5.74) is 2.40. The van der Waals surface area contributed by atoms with Crippen LogP contribution in [0.1, 0.15) is 17.7 Å². The van der Waals surface area contributed by atoms with Crippen molar-refractivity contribution in [3.8, 4) is 5.75 Å². The lowest BCUT2D eigenvalue weighted by Crippen LogP contribution is -2.17. The van der Waals surface area contributed by atoms with Crippen LogP contribution in [0.4, 0.5) is 5.69 Å². The molecule has 0 spiro atoms. The van der Waals surface area contributed by atoms with Crippen molar-refractivity contribution >= 4 is 23.4 Å². The third-order valence-corrected chi connectivity index (χ3v) is 4.67. The number of nitrogens with one attached hydrogen (secondary N) is 2. The Balaban J connectivity index is 1.62. The molecule has 0 saturated carbocycles. The van der Waals surface area contributed by atoms with Gasteiger partial charge in [-0.25, -0.2) is 4.79 Å². The Labute approximate surface area is 137 Å². The largest absolute Gasteiger partial charge is 0.497 e. The van der Waals surface area contributed by atoms with Gasteiger partial charge < -0.3 is 15.0 Å². The maximum Gasteiger partial charge on any atom is 0.346 e. The van der Waals surface area contributed by atoms with Crippen LogP contribution in [0.5, 0.6) is 5.75 Å². The molecule has 0 fully saturated rings. The fraction of sp³-hybridized carbons (Fsp3) is 0.312. The summed E-state index contributed by atoms with van der Waals surface area (Å²) in [5.74, 6) is 0.823. The second-order valence-corrected chi connectivity index (χ2v) is 6.19. The fourth-order valence-electron chi connectivity index (χ4n) is 2.56. The van der Waals surface area contributed by atoms with Crippen LogP contribution in [0, 0.1) is 0 Å². The normalized spacial score (nSPS) is 12.7. The number of aromatic nitrogens is 2. The van der Waals surface area contributed by atoms with Crippen molar-refractivity contribution in [3.05, 3.63) is 46.0 Å². The lowest BCUT2D eigenvalue weighted by molar-refractivity contribution is -0.113. The second-order valence-electron chi connectivity index (χ2n) is 5.22. The molecule has 1 aliphatic rings. The smallest absolute Gasteiger partial charge is 0.346 e. The number of rotatable bonds is 5. The number of hydrogen-bond acceptors (Lipinski definition) is 5. The Hall–Kier alpha value is -2.28. The van der Waals surface area contributed by atoms with Crippen molar-refractivity contribution in [2.45, 2.75) is 24.3 Å². The van der Waals surface area contributed by atoms with Crippen molar-refractivity contribution in [1.82, 2.24) is 9.97 Å². The number of carbonyl (C=O) groups is 1. The van der Waals surface area contributed by atoms with Crippen LogP contribution in [0.25, 0.3) is 0 Å². The van der Waals surface area contributed by atoms with Crippen molar-refractivity contribution in [3.63, 3.8) is 0 Å². The number of fused-ring (bicyclic) bond motifs is 1. The van der Waals surface area contributed by atoms with E-state index >= 15 is 0 Å². The van der Waals surface area contributed by atoms with E-state index in [0.717, 1.165) is 36.3 Å². The first-order valence-electron chi connectivity index (χ1n) is 7.34. The molecule has 1 amide bonds. The lowest BCUT2D eigenvalue weighted by atomic mass is 10.3. The molecule has 1 aromatic heterocycles. The molecule has 0 atom stereocenters. The van der Waals surface area contributed by atoms with Gasteiger partial charge in [0.15, 0.2) is 0 Å². The zero-order chi connectivity index (χ0) is 16.2. The monoisotopic (exact) mass is 331 g/mol. The molecule has 1 aliphatic carbocycles. The van der Waals surface area contributed by atoms with E-state index in [1.807, 2.05) is 0 Å². The number of amides is 1. The summed E-state index contributed by atoms with van der Waals surface area (Å²) in [6, 6.07) is 7.14. The summed E-state index contributed by atoms with van der Waals surface area (Å²) in [5, 5.41) is 3.49. The number of ether oxygens (including phenoxy) is 1. The topological polar surface area (TPSA) is 84.1 Å². The zero-order valence-corrected chi connectivity index (χ0v) is 13.5. The van der Waals surface area contributed by atoms with E-state index in [4.69, 9.17) is 4.74 Å². The van der Waals surface area contributed by atoms with Crippen LogP contribution in [-0.2, 0) is 17.6 Å². The highest BCUT2D eigenvalue weighted by Gasteiger charge is 2.18. The standard InChI is InChI=1S/C16H17N3O3S/c1-22-11-7-5-10(6-8-11)17-14(20)9-23-15-12-3-2-4-13(12)18-16(21)19-15/h5-8H,2-4,9H2,1H3,(H,17,20)(H,18,19,21). The molecule has 0 saturated heterocycles. The molecule has 6 nitrogen and oxygen atoms in total. The molecule has 2 aromatic rings. The number of nitrogens with zero attached hydrogens (tertiary/aromatic N) is 1. The van der Waals surface area contributed by atoms with Gasteiger partial charge in [-0.2, -0.15) is 4.98 Å². The molecular weight excluding hydrogens is 314 g/mol. The van der Waals surface area contributed by atoms with E-state index in [0.29, 0.717) is 10.7 Å². The molecule has 23 heavy (non-hydrogen) atoms. The summed E-state index contributed by atoms with van der Waals surface area (Å²) in [6.07, 6.45) is 2.79. The average molecular weight is 331 g/mol. The number of carbonyl (C=O) groups excluding carboxylic acids is 1. The minimum atomic E-state index is -0.344. The molecule has 7 heteroatoms. The number of thioether (sulfide) groups is 1. The lowest BCUT2D eigenvalue weighted by Gasteiger charge is -2.08. The minimum Gasteiger partial charge on any atom is -0.497 e. The Kier molecular flexibility index (Phi) is 4.66. The Morgan fingerprint density at radius 1 is 1.35 bits per heavy atom. The Morgan fingerprint density at radius 3 is 2.87 bits per heavy atom. The van der Waals surface area contributed by atoms with Gasteiger partial charge in [0.05, 0.1) is 12.9 Å². The van der Waals surface area contributed by atoms with E-state index in [2.05, 4.69) is 15.3 Å². The van der Waals surface area contributed by atoms with Gasteiger partial charge >= 0.3 is 5.69 Å². The van der Waals surface area contributed by atoms with Crippen LogP contribution in [-0.4, -0.2) is 28.7 Å². The van der Waals surface area contributed by atoms with Gasteiger partial charge in [0.25, 0.3) is 0 Å². The molecule has 1 heterocycles. The van der Waals surface area contributed by atoms with Gasteiger partial charge in [-0.05, 0) is 43.5 Å². The molecule has 120 valence electrons. The second kappa shape index (κ2) is 6.87. The maximum absolute atomic E-state index is 12.0. The predicted octanol–water partition coefficient (Wildman–Crippen LogP) is 2.00. The highest BCUT2D eigenvalue weighted by atomic mass is 32.2. The average Bonchev–Trinajstić information content (AvgIpc) is 3.01. The third kappa shape index (κ3) is 3.73. The molecule has 0 aliphatic heterocycles. The molecular formula is C16H17N3O3S. The number of H-pyrrole nitrogens is 1. The van der Waals surface area contributed by atoms with Crippen LogP contribution in [0.3, 0.4) is 0 Å². The number of aromatic amines is 1. The Morgan fingerprint density at radius 2 is 2.13 bits per heavy atom. The zero-order valence-electron chi connectivity index (χ0n) is 12.7. The molecule has 0 unspecified atom stereocenters. The van der Waals surface area contributed by atoms with Gasteiger partial charge in [-0.1, -0.05) is 11.8 Å². The molecule has 3 rings (SSSR count). The molecule has 1 aromatic carbocycles. The highest BCUT2D eigenvalue weighted by molar-refractivity contribution is 8.00. The van der Waals surface area contributed by atoms with Crippen LogP contribution >= 0.6 is 11.8 Å². The first-order chi connectivity index (χ1) is 11.2. The molecule has 2 N–H and O–H groups in total. The van der Waals surface area contributed by atoms with Gasteiger partial charge in [0, 0.05) is 16.9 Å². The first-order valence-corrected chi connectivity index (χ1v) is 8.33.